The van der Waals surface area contributed by atoms with Crippen molar-refractivity contribution in [3.05, 3.63) is 115 Å². The molecule has 0 amide bonds. The van der Waals surface area contributed by atoms with E-state index in [1.165, 1.54) is 15.9 Å². The molecule has 0 aliphatic carbocycles. The van der Waals surface area contributed by atoms with E-state index < -0.39 is 21.8 Å². The van der Waals surface area contributed by atoms with Gasteiger partial charge in [0.2, 0.25) is 0 Å². The van der Waals surface area contributed by atoms with Gasteiger partial charge in [0.25, 0.3) is 0 Å². The van der Waals surface area contributed by atoms with Gasteiger partial charge in [-0.1, -0.05) is 54.6 Å². The molecule has 226 valence electrons. The summed E-state index contributed by atoms with van der Waals surface area (Å²) in [4.78, 5) is 0. The van der Waals surface area contributed by atoms with E-state index in [-0.39, 0.29) is 5.75 Å². The maximum atomic E-state index is 9.90. The molecule has 0 saturated carbocycles. The lowest BCUT2D eigenvalue weighted by Gasteiger charge is -2.27. The number of phenols is 1. The largest absolute Gasteiger partial charge is 0.673 e. The first-order chi connectivity index (χ1) is 19.7. The summed E-state index contributed by atoms with van der Waals surface area (Å²) in [6.45, 7) is 1.16. The number of hydrogen-bond acceptors (Lipinski definition) is 2. The van der Waals surface area contributed by atoms with Crippen LogP contribution in [0.25, 0.3) is 0 Å². The zero-order valence-electron chi connectivity index (χ0n) is 22.4. The van der Waals surface area contributed by atoms with E-state index in [4.69, 9.17) is 4.74 Å². The number of hydrogen-bond donors (Lipinski definition) is 2. The van der Waals surface area contributed by atoms with Crippen molar-refractivity contribution in [2.45, 2.75) is 13.0 Å². The third kappa shape index (κ3) is 12.1. The summed E-state index contributed by atoms with van der Waals surface area (Å²) in [6.07, 6.45) is 1.94. The fraction of sp³-hybridized carbons (Fsp3) is 0.143. The lowest BCUT2D eigenvalue weighted by molar-refractivity contribution is -0.386. The summed E-state index contributed by atoms with van der Waals surface area (Å²) < 4.78 is 84.1. The maximum Gasteiger partial charge on any atom is 0.673 e. The minimum absolute atomic E-state index is 0.273. The van der Waals surface area contributed by atoms with Crippen LogP contribution in [-0.2, 0) is 6.54 Å². The van der Waals surface area contributed by atoms with Gasteiger partial charge >= 0.3 is 14.5 Å². The topological polar surface area (TPSA) is 57.1 Å². The summed E-state index contributed by atoms with van der Waals surface area (Å²) in [6, 6.07) is 38.1. The molecule has 4 aromatic rings. The molecule has 0 aliphatic rings. The Bertz CT molecular complexity index is 1210. The van der Waals surface area contributed by atoms with Gasteiger partial charge in [0.05, 0.1) is 18.3 Å². The average Bonchev–Trinajstić information content (AvgIpc) is 2.94. The van der Waals surface area contributed by atoms with E-state index in [1.807, 2.05) is 12.1 Å². The Morgan fingerprint density at radius 1 is 0.619 bits per heavy atom. The van der Waals surface area contributed by atoms with Crippen LogP contribution in [0.2, 0.25) is 0 Å². The van der Waals surface area contributed by atoms with Gasteiger partial charge in [-0.2, -0.15) is 0 Å². The Labute approximate surface area is 239 Å². The Kier molecular flexibility index (Phi) is 13.3. The minimum Gasteiger partial charge on any atom is -0.507 e. The quantitative estimate of drug-likeness (QED) is 0.0977. The third-order valence-corrected chi connectivity index (χ3v) is 10.3. The van der Waals surface area contributed by atoms with E-state index in [1.54, 1.807) is 6.07 Å². The molecule has 4 rings (SSSR count). The van der Waals surface area contributed by atoms with Crippen molar-refractivity contribution in [1.29, 1.82) is 0 Å². The molecule has 0 radical (unpaired) electrons. The molecule has 42 heavy (non-hydrogen) atoms. The van der Waals surface area contributed by atoms with E-state index >= 15 is 0 Å². The molecule has 0 heterocycles. The molecule has 0 atom stereocenters. The summed E-state index contributed by atoms with van der Waals surface area (Å²) in [5, 5.41) is 14.1. The number of ether oxygens (including phenoxy) is 1. The van der Waals surface area contributed by atoms with Crippen molar-refractivity contribution in [3.63, 3.8) is 0 Å². The highest BCUT2D eigenvalue weighted by atomic mass is 31.2. The van der Waals surface area contributed by atoms with Crippen LogP contribution in [0, 0.1) is 0 Å². The predicted molar refractivity (Wildman–Crippen MR) is 155 cm³/mol. The van der Waals surface area contributed by atoms with Gasteiger partial charge in [-0.05, 0) is 54.6 Å². The number of rotatable bonds is 9. The zero-order valence-corrected chi connectivity index (χ0v) is 23.3. The standard InChI is InChI=1S/C28H28NO2P.2BF4/c29-22-23-21-24(17-18-28(23)30)31-19-10-20-32(25-11-4-1-5-12-25,26-13-6-2-7-14-26)27-15-8-3-9-16-27;2*2-1(3,4)5/h1-9,11-18,21H,10,19-20,22,29H2;;/q;2*-1/p+2. The van der Waals surface area contributed by atoms with Crippen molar-refractivity contribution >= 4 is 37.7 Å². The van der Waals surface area contributed by atoms with E-state index in [0.717, 1.165) is 23.9 Å². The first-order valence-corrected chi connectivity index (χ1v) is 14.7. The van der Waals surface area contributed by atoms with Crippen LogP contribution in [0.4, 0.5) is 34.5 Å². The summed E-state index contributed by atoms with van der Waals surface area (Å²) in [7, 11) is -13.8. The van der Waals surface area contributed by atoms with Gasteiger partial charge in [0.1, 0.15) is 41.2 Å². The maximum absolute atomic E-state index is 9.90. The molecule has 4 N–H and O–H groups in total. The number of benzene rings is 4. The molecule has 0 bridgehead atoms. The summed E-state index contributed by atoms with van der Waals surface area (Å²) in [5.41, 5.74) is 4.68. The molecule has 0 saturated heterocycles. The van der Waals surface area contributed by atoms with Crippen molar-refractivity contribution in [2.24, 2.45) is 0 Å². The Balaban J connectivity index is 0.000000533. The second-order valence-electron chi connectivity index (χ2n) is 8.77. The number of halogens is 8. The van der Waals surface area contributed by atoms with Gasteiger partial charge in [-0.15, -0.1) is 0 Å². The lowest BCUT2D eigenvalue weighted by Crippen LogP contribution is -2.47. The highest BCUT2D eigenvalue weighted by Gasteiger charge is 2.44. The predicted octanol–water partition coefficient (Wildman–Crippen LogP) is 6.50. The molecule has 4 aromatic carbocycles. The van der Waals surface area contributed by atoms with Gasteiger partial charge in [0.15, 0.2) is 0 Å². The van der Waals surface area contributed by atoms with Crippen molar-refractivity contribution < 1.29 is 50.1 Å². The molecule has 0 spiro atoms. The van der Waals surface area contributed by atoms with Crippen LogP contribution in [0.3, 0.4) is 0 Å². The summed E-state index contributed by atoms with van der Waals surface area (Å²) >= 11 is 0. The average molecular weight is 617 g/mol. The molecular weight excluding hydrogens is 587 g/mol. The first kappa shape index (κ1) is 34.6. The van der Waals surface area contributed by atoms with E-state index in [9.17, 15) is 39.6 Å². The van der Waals surface area contributed by atoms with Gasteiger partial charge < -0.3 is 50.1 Å². The normalized spacial score (nSPS) is 11.5. The summed E-state index contributed by atoms with van der Waals surface area (Å²) in [5.74, 6) is 1.05. The van der Waals surface area contributed by atoms with Crippen LogP contribution < -0.4 is 26.4 Å². The van der Waals surface area contributed by atoms with E-state index in [0.29, 0.717) is 13.2 Å². The highest BCUT2D eigenvalue weighted by Crippen LogP contribution is 2.55. The van der Waals surface area contributed by atoms with Gasteiger partial charge in [-0.3, -0.25) is 0 Å². The lowest BCUT2D eigenvalue weighted by atomic mass is 10.2. The van der Waals surface area contributed by atoms with E-state index in [2.05, 4.69) is 96.7 Å². The Morgan fingerprint density at radius 2 is 1.00 bits per heavy atom. The fourth-order valence-corrected chi connectivity index (χ4v) is 8.54. The fourth-order valence-electron chi connectivity index (χ4n) is 4.23. The monoisotopic (exact) mass is 617 g/mol. The van der Waals surface area contributed by atoms with Crippen LogP contribution >= 0.6 is 7.26 Å². The molecular formula is C28H30B2F8NO2P. The van der Waals surface area contributed by atoms with Crippen molar-refractivity contribution in [2.75, 3.05) is 12.8 Å². The second kappa shape index (κ2) is 16.2. The Morgan fingerprint density at radius 3 is 1.36 bits per heavy atom. The number of phenolic OH excluding ortho intramolecular Hbond substituents is 1. The van der Waals surface area contributed by atoms with Crippen LogP contribution in [0.5, 0.6) is 11.5 Å². The molecule has 0 aliphatic heterocycles. The van der Waals surface area contributed by atoms with Gasteiger partial charge in [-0.25, -0.2) is 0 Å². The molecule has 0 unspecified atom stereocenters. The SMILES string of the molecule is F[B-](F)(F)F.F[B-](F)(F)F.[NH3+]Cc1cc(OCCC[P+](c2ccccc2)(c2ccccc2)c2ccccc2)ccc1O. The first-order valence-electron chi connectivity index (χ1n) is 12.8. The van der Waals surface area contributed by atoms with Crippen LogP contribution in [-0.4, -0.2) is 32.4 Å². The van der Waals surface area contributed by atoms with Crippen molar-refractivity contribution in [1.82, 2.24) is 0 Å². The number of aromatic hydroxyl groups is 1. The molecule has 14 heteroatoms. The number of quaternary nitrogens is 1. The molecule has 0 fully saturated rings. The van der Waals surface area contributed by atoms with Crippen LogP contribution in [0.1, 0.15) is 12.0 Å². The Hall–Kier alpha value is -3.56. The van der Waals surface area contributed by atoms with Gasteiger partial charge in [0, 0.05) is 6.42 Å². The zero-order chi connectivity index (χ0) is 31.2. The van der Waals surface area contributed by atoms with Crippen molar-refractivity contribution in [3.8, 4) is 11.5 Å². The smallest absolute Gasteiger partial charge is 0.507 e. The van der Waals surface area contributed by atoms with Crippen LogP contribution in [0.15, 0.2) is 109 Å². The second-order valence-corrected chi connectivity index (χ2v) is 12.4. The minimum atomic E-state index is -6.00. The molecule has 3 nitrogen and oxygen atoms in total. The molecule has 0 aromatic heterocycles. The highest BCUT2D eigenvalue weighted by molar-refractivity contribution is 7.95. The third-order valence-electron chi connectivity index (χ3n) is 5.82.